The Morgan fingerprint density at radius 1 is 0.897 bits per heavy atom. The topological polar surface area (TPSA) is 114 Å². The SMILES string of the molecule is CCNC(=O)NC(=O)[C@H](OC(=O)CNC(=O)Cc1ccccc1)c1ccccc1. The molecule has 0 aliphatic carbocycles. The largest absolute Gasteiger partial charge is 0.446 e. The van der Waals surface area contributed by atoms with Gasteiger partial charge in [0.25, 0.3) is 5.91 Å². The fourth-order valence-electron chi connectivity index (χ4n) is 2.47. The van der Waals surface area contributed by atoms with Crippen molar-refractivity contribution in [2.45, 2.75) is 19.4 Å². The highest BCUT2D eigenvalue weighted by molar-refractivity contribution is 5.98. The zero-order valence-corrected chi connectivity index (χ0v) is 16.0. The lowest BCUT2D eigenvalue weighted by atomic mass is 10.1. The Bertz CT molecular complexity index is 840. The van der Waals surface area contributed by atoms with E-state index in [-0.39, 0.29) is 12.3 Å². The Morgan fingerprint density at radius 3 is 2.14 bits per heavy atom. The average molecular weight is 397 g/mol. The van der Waals surface area contributed by atoms with E-state index in [0.717, 1.165) is 5.56 Å². The van der Waals surface area contributed by atoms with Crippen LogP contribution in [0.15, 0.2) is 60.7 Å². The van der Waals surface area contributed by atoms with E-state index in [0.29, 0.717) is 12.1 Å². The molecule has 0 spiro atoms. The normalized spacial score (nSPS) is 11.1. The van der Waals surface area contributed by atoms with E-state index in [1.54, 1.807) is 49.4 Å². The first kappa shape index (κ1) is 21.6. The minimum Gasteiger partial charge on any atom is -0.446 e. The number of esters is 1. The number of urea groups is 1. The van der Waals surface area contributed by atoms with Crippen molar-refractivity contribution in [2.75, 3.05) is 13.1 Å². The number of rotatable bonds is 8. The summed E-state index contributed by atoms with van der Waals surface area (Å²) in [5.41, 5.74) is 1.21. The van der Waals surface area contributed by atoms with Crippen LogP contribution in [0.2, 0.25) is 0 Å². The van der Waals surface area contributed by atoms with E-state index in [2.05, 4.69) is 16.0 Å². The van der Waals surface area contributed by atoms with Crippen molar-refractivity contribution in [3.8, 4) is 0 Å². The zero-order valence-electron chi connectivity index (χ0n) is 16.0. The number of benzene rings is 2. The zero-order chi connectivity index (χ0) is 21.1. The second-order valence-electron chi connectivity index (χ2n) is 6.07. The number of carbonyl (C=O) groups is 4. The van der Waals surface area contributed by atoms with Crippen molar-refractivity contribution in [1.29, 1.82) is 0 Å². The highest BCUT2D eigenvalue weighted by Gasteiger charge is 2.26. The standard InChI is InChI=1S/C21H23N3O5/c1-2-22-21(28)24-20(27)19(16-11-7-4-8-12-16)29-18(26)14-23-17(25)13-15-9-5-3-6-10-15/h3-12,19H,2,13-14H2,1H3,(H,23,25)(H2,22,24,27,28)/t19-/m1/s1. The van der Waals surface area contributed by atoms with Crippen LogP contribution in [0.5, 0.6) is 0 Å². The van der Waals surface area contributed by atoms with Gasteiger partial charge in [-0.15, -0.1) is 0 Å². The van der Waals surface area contributed by atoms with Gasteiger partial charge in [0.05, 0.1) is 6.42 Å². The fraction of sp³-hybridized carbons (Fsp3) is 0.238. The second-order valence-corrected chi connectivity index (χ2v) is 6.07. The molecule has 4 amide bonds. The van der Waals surface area contributed by atoms with Gasteiger partial charge in [-0.3, -0.25) is 19.7 Å². The van der Waals surface area contributed by atoms with E-state index in [9.17, 15) is 19.2 Å². The van der Waals surface area contributed by atoms with Crippen LogP contribution in [-0.4, -0.2) is 36.9 Å². The molecule has 0 bridgehead atoms. The van der Waals surface area contributed by atoms with E-state index in [1.807, 2.05) is 18.2 Å². The summed E-state index contributed by atoms with van der Waals surface area (Å²) in [4.78, 5) is 48.2. The molecule has 2 rings (SSSR count). The Kier molecular flexibility index (Phi) is 8.37. The number of hydrogen-bond donors (Lipinski definition) is 3. The van der Waals surface area contributed by atoms with Crippen LogP contribution in [0.4, 0.5) is 4.79 Å². The van der Waals surface area contributed by atoms with Gasteiger partial charge in [-0.1, -0.05) is 60.7 Å². The van der Waals surface area contributed by atoms with Crippen molar-refractivity contribution in [1.82, 2.24) is 16.0 Å². The van der Waals surface area contributed by atoms with Gasteiger partial charge < -0.3 is 15.4 Å². The van der Waals surface area contributed by atoms with Gasteiger partial charge >= 0.3 is 12.0 Å². The first-order chi connectivity index (χ1) is 14.0. The summed E-state index contributed by atoms with van der Waals surface area (Å²) in [5, 5.41) is 7.02. The number of amides is 4. The maximum atomic E-state index is 12.4. The monoisotopic (exact) mass is 397 g/mol. The summed E-state index contributed by atoms with van der Waals surface area (Å²) >= 11 is 0. The van der Waals surface area contributed by atoms with Gasteiger partial charge in [0, 0.05) is 12.1 Å². The van der Waals surface area contributed by atoms with Crippen LogP contribution in [0, 0.1) is 0 Å². The van der Waals surface area contributed by atoms with Gasteiger partial charge in [-0.25, -0.2) is 4.79 Å². The molecule has 2 aromatic rings. The van der Waals surface area contributed by atoms with Crippen molar-refractivity contribution in [2.24, 2.45) is 0 Å². The van der Waals surface area contributed by atoms with E-state index < -0.39 is 30.6 Å². The quantitative estimate of drug-likeness (QED) is 0.584. The Labute approximate surface area is 168 Å². The van der Waals surface area contributed by atoms with Gasteiger partial charge in [0.15, 0.2) is 0 Å². The summed E-state index contributed by atoms with van der Waals surface area (Å²) in [6.07, 6.45) is -1.20. The summed E-state index contributed by atoms with van der Waals surface area (Å²) in [5.74, 6) is -1.94. The van der Waals surface area contributed by atoms with Gasteiger partial charge in [-0.05, 0) is 12.5 Å². The van der Waals surface area contributed by atoms with Crippen LogP contribution >= 0.6 is 0 Å². The summed E-state index contributed by atoms with van der Waals surface area (Å²) in [6.45, 7) is 1.64. The molecule has 0 unspecified atom stereocenters. The maximum Gasteiger partial charge on any atom is 0.326 e. The Morgan fingerprint density at radius 2 is 1.52 bits per heavy atom. The number of hydrogen-bond acceptors (Lipinski definition) is 5. The minimum atomic E-state index is -1.32. The fourth-order valence-corrected chi connectivity index (χ4v) is 2.47. The third-order valence-corrected chi connectivity index (χ3v) is 3.80. The predicted molar refractivity (Wildman–Crippen MR) is 106 cm³/mol. The highest BCUT2D eigenvalue weighted by Crippen LogP contribution is 2.17. The Hall–Kier alpha value is -3.68. The summed E-state index contributed by atoms with van der Waals surface area (Å²) < 4.78 is 5.23. The van der Waals surface area contributed by atoms with E-state index in [4.69, 9.17) is 4.74 Å². The van der Waals surface area contributed by atoms with Crippen molar-refractivity contribution in [3.05, 3.63) is 71.8 Å². The highest BCUT2D eigenvalue weighted by atomic mass is 16.5. The molecule has 152 valence electrons. The number of nitrogens with one attached hydrogen (secondary N) is 3. The molecule has 29 heavy (non-hydrogen) atoms. The van der Waals surface area contributed by atoms with E-state index >= 15 is 0 Å². The van der Waals surface area contributed by atoms with Gasteiger partial charge in [0.2, 0.25) is 12.0 Å². The molecule has 2 aromatic carbocycles. The third kappa shape index (κ3) is 7.45. The lowest BCUT2D eigenvalue weighted by Crippen LogP contribution is -2.43. The van der Waals surface area contributed by atoms with Crippen LogP contribution in [0.3, 0.4) is 0 Å². The van der Waals surface area contributed by atoms with Crippen LogP contribution in [0.1, 0.15) is 24.2 Å². The number of imide groups is 1. The van der Waals surface area contributed by atoms with Gasteiger partial charge in [-0.2, -0.15) is 0 Å². The maximum absolute atomic E-state index is 12.4. The molecule has 0 saturated heterocycles. The smallest absolute Gasteiger partial charge is 0.326 e. The van der Waals surface area contributed by atoms with Crippen molar-refractivity contribution < 1.29 is 23.9 Å². The molecule has 8 nitrogen and oxygen atoms in total. The lowest BCUT2D eigenvalue weighted by molar-refractivity contribution is -0.155. The third-order valence-electron chi connectivity index (χ3n) is 3.80. The molecular formula is C21H23N3O5. The molecule has 0 heterocycles. The van der Waals surface area contributed by atoms with Gasteiger partial charge in [0.1, 0.15) is 6.54 Å². The lowest BCUT2D eigenvalue weighted by Gasteiger charge is -2.18. The van der Waals surface area contributed by atoms with Crippen molar-refractivity contribution in [3.63, 3.8) is 0 Å². The van der Waals surface area contributed by atoms with Crippen LogP contribution in [-0.2, 0) is 25.5 Å². The molecule has 0 aliphatic rings. The van der Waals surface area contributed by atoms with Crippen molar-refractivity contribution >= 4 is 23.8 Å². The molecule has 0 aliphatic heterocycles. The molecule has 0 saturated carbocycles. The first-order valence-corrected chi connectivity index (χ1v) is 9.13. The van der Waals surface area contributed by atoms with Crippen LogP contribution in [0.25, 0.3) is 0 Å². The molecule has 8 heteroatoms. The summed E-state index contributed by atoms with van der Waals surface area (Å²) in [7, 11) is 0. The second kappa shape index (κ2) is 11.2. The molecular weight excluding hydrogens is 374 g/mol. The first-order valence-electron chi connectivity index (χ1n) is 9.13. The van der Waals surface area contributed by atoms with Crippen LogP contribution < -0.4 is 16.0 Å². The molecule has 3 N–H and O–H groups in total. The summed E-state index contributed by atoms with van der Waals surface area (Å²) in [6, 6.07) is 16.7. The molecule has 0 aromatic heterocycles. The number of carbonyl (C=O) groups excluding carboxylic acids is 4. The molecule has 0 fully saturated rings. The Balaban J connectivity index is 1.95. The predicted octanol–water partition coefficient (Wildman–Crippen LogP) is 1.48. The number of ether oxygens (including phenoxy) is 1. The van der Waals surface area contributed by atoms with E-state index in [1.165, 1.54) is 0 Å². The molecule has 0 radical (unpaired) electrons. The minimum absolute atomic E-state index is 0.119. The molecule has 1 atom stereocenters. The average Bonchev–Trinajstić information content (AvgIpc) is 2.72.